The summed E-state index contributed by atoms with van der Waals surface area (Å²) >= 11 is 0. The number of hydrogen-bond donors (Lipinski definition) is 4. The topological polar surface area (TPSA) is 212 Å². The first-order valence-corrected chi connectivity index (χ1v) is 22.7. The number of fused-ring (bicyclic) bond motifs is 4. The van der Waals surface area contributed by atoms with Crippen molar-refractivity contribution < 1.29 is 8.78 Å². The summed E-state index contributed by atoms with van der Waals surface area (Å²) in [5, 5.41) is 25.6. The standard InChI is InChI=1S/C23H24N10.C21H19F2N9.C2H6/c1-31-6-8-32(9-7-31)19-4-5-24-22-21(19)27-23(28-22)20-16-10-17(25-12-18(16)29-30-20)14-11-26-33(13-14)15-2-3-15;1-31-11-12(9-26-31)14-8-13-15(10-25-14)29-30-17(13)20-27-18-16(2-5-24-19(18)28-20)32-6-3-21(22,23)4-7-32;1-2/h4-5,10-13,15H,2-3,6-9H2,1H3,(H,29,30)(H,24,27,28);2,5,8-11H,3-4,6-7H2,1H3,(H,29,30)(H,24,27,28);1-2H3. The van der Waals surface area contributed by atoms with Crippen molar-refractivity contribution in [3.05, 3.63) is 73.8 Å². The molecular weight excluding hydrogens is 857 g/mol. The molecule has 1 saturated carbocycles. The molecule has 3 aliphatic rings. The van der Waals surface area contributed by atoms with Crippen molar-refractivity contribution in [2.75, 3.05) is 56.1 Å². The number of aromatic amines is 4. The lowest BCUT2D eigenvalue weighted by atomic mass is 10.1. The summed E-state index contributed by atoms with van der Waals surface area (Å²) in [4.78, 5) is 40.9. The van der Waals surface area contributed by atoms with Crippen LogP contribution >= 0.6 is 0 Å². The zero-order valence-electron chi connectivity index (χ0n) is 37.5. The first-order valence-electron chi connectivity index (χ1n) is 22.7. The van der Waals surface area contributed by atoms with Crippen molar-refractivity contribution in [2.45, 2.75) is 51.5 Å². The Balaban J connectivity index is 0.000000142. The minimum Gasteiger partial charge on any atom is -0.369 e. The zero-order valence-corrected chi connectivity index (χ0v) is 37.5. The number of rotatable bonds is 7. The molecule has 1 aliphatic carbocycles. The Bertz CT molecular complexity index is 3350. The van der Waals surface area contributed by atoms with E-state index in [1.807, 2.05) is 67.4 Å². The second kappa shape index (κ2) is 17.0. The predicted octanol–water partition coefficient (Wildman–Crippen LogP) is 7.40. The van der Waals surface area contributed by atoms with E-state index in [0.717, 1.165) is 93.1 Å². The van der Waals surface area contributed by atoms with E-state index in [4.69, 9.17) is 4.98 Å². The highest BCUT2D eigenvalue weighted by molar-refractivity contribution is 5.97. The van der Waals surface area contributed by atoms with Gasteiger partial charge >= 0.3 is 0 Å². The molecule has 0 unspecified atom stereocenters. The summed E-state index contributed by atoms with van der Waals surface area (Å²) in [7, 11) is 4.02. The van der Waals surface area contributed by atoms with Crippen LogP contribution in [-0.4, -0.2) is 137 Å². The van der Waals surface area contributed by atoms with Crippen LogP contribution in [0.4, 0.5) is 20.2 Å². The molecular formula is C46H49F2N19. The van der Waals surface area contributed by atoms with Gasteiger partial charge in [-0.2, -0.15) is 20.4 Å². The summed E-state index contributed by atoms with van der Waals surface area (Å²) in [6.45, 7) is 8.62. The number of nitrogens with one attached hydrogen (secondary N) is 4. The molecule has 2 aliphatic heterocycles. The molecule has 10 aromatic heterocycles. The molecule has 0 aromatic carbocycles. The largest absolute Gasteiger partial charge is 0.369 e. The van der Waals surface area contributed by atoms with Crippen LogP contribution in [0.25, 0.3) is 89.7 Å². The van der Waals surface area contributed by atoms with E-state index in [9.17, 15) is 8.78 Å². The molecule has 0 bridgehead atoms. The van der Waals surface area contributed by atoms with E-state index in [-0.39, 0.29) is 25.9 Å². The number of alkyl halides is 2. The van der Waals surface area contributed by atoms with E-state index >= 15 is 0 Å². The van der Waals surface area contributed by atoms with Crippen LogP contribution in [0, 0.1) is 0 Å². The predicted molar refractivity (Wildman–Crippen MR) is 253 cm³/mol. The maximum atomic E-state index is 13.6. The van der Waals surface area contributed by atoms with Gasteiger partial charge < -0.3 is 24.7 Å². The number of halogens is 2. The van der Waals surface area contributed by atoms with Crippen LogP contribution < -0.4 is 9.80 Å². The number of aromatic nitrogens is 16. The van der Waals surface area contributed by atoms with Crippen molar-refractivity contribution in [3.63, 3.8) is 0 Å². The molecule has 19 nitrogen and oxygen atoms in total. The molecule has 0 atom stereocenters. The van der Waals surface area contributed by atoms with E-state index in [1.54, 1.807) is 23.3 Å². The maximum absolute atomic E-state index is 13.6. The second-order valence-corrected chi connectivity index (χ2v) is 17.1. The summed E-state index contributed by atoms with van der Waals surface area (Å²) in [6.07, 6.45) is 16.8. The first-order chi connectivity index (χ1) is 32.7. The minimum atomic E-state index is -2.60. The molecule has 0 spiro atoms. The number of anilines is 2. The highest BCUT2D eigenvalue weighted by Gasteiger charge is 2.35. The Morgan fingerprint density at radius 2 is 1.15 bits per heavy atom. The smallest absolute Gasteiger partial charge is 0.251 e. The monoisotopic (exact) mass is 905 g/mol. The number of piperazine rings is 1. The van der Waals surface area contributed by atoms with Gasteiger partial charge in [0.05, 0.1) is 64.6 Å². The van der Waals surface area contributed by atoms with Gasteiger partial charge in [-0.05, 0) is 44.2 Å². The lowest BCUT2D eigenvalue weighted by Crippen LogP contribution is -2.44. The van der Waals surface area contributed by atoms with E-state index in [1.165, 1.54) is 12.8 Å². The van der Waals surface area contributed by atoms with Crippen LogP contribution in [-0.2, 0) is 7.05 Å². The number of pyridine rings is 4. The van der Waals surface area contributed by atoms with Gasteiger partial charge in [0.2, 0.25) is 0 Å². The second-order valence-electron chi connectivity index (χ2n) is 17.1. The lowest BCUT2D eigenvalue weighted by molar-refractivity contribution is -0.0220. The average molecular weight is 906 g/mol. The fourth-order valence-corrected chi connectivity index (χ4v) is 8.74. The number of hydrogen-bond acceptors (Lipinski definition) is 13. The van der Waals surface area contributed by atoms with Gasteiger partial charge in [0.25, 0.3) is 5.92 Å². The minimum absolute atomic E-state index is 0.161. The maximum Gasteiger partial charge on any atom is 0.251 e. The van der Waals surface area contributed by atoms with E-state index in [0.29, 0.717) is 40.2 Å². The van der Waals surface area contributed by atoms with Crippen molar-refractivity contribution in [1.29, 1.82) is 0 Å². The molecule has 13 rings (SSSR count). The third-order valence-electron chi connectivity index (χ3n) is 12.6. The Hall–Kier alpha value is -7.68. The molecule has 0 amide bonds. The van der Waals surface area contributed by atoms with Crippen LogP contribution in [0.1, 0.15) is 45.6 Å². The van der Waals surface area contributed by atoms with Crippen molar-refractivity contribution in [1.82, 2.24) is 84.7 Å². The molecule has 3 fully saturated rings. The highest BCUT2D eigenvalue weighted by Crippen LogP contribution is 2.37. The van der Waals surface area contributed by atoms with Gasteiger partial charge in [0, 0.05) is 106 Å². The molecule has 67 heavy (non-hydrogen) atoms. The summed E-state index contributed by atoms with van der Waals surface area (Å²) in [5.74, 6) is -1.34. The zero-order chi connectivity index (χ0) is 45.8. The quantitative estimate of drug-likeness (QED) is 0.123. The number of likely N-dealkylation sites (N-methyl/N-ethyl adjacent to an activating group) is 1. The lowest BCUT2D eigenvalue weighted by Gasteiger charge is -2.34. The van der Waals surface area contributed by atoms with Crippen LogP contribution in [0.5, 0.6) is 0 Å². The third kappa shape index (κ3) is 8.08. The van der Waals surface area contributed by atoms with Crippen LogP contribution in [0.15, 0.2) is 73.8 Å². The van der Waals surface area contributed by atoms with Gasteiger partial charge in [-0.3, -0.25) is 29.5 Å². The number of piperidine rings is 1. The molecule has 2 saturated heterocycles. The number of nitrogens with zero attached hydrogens (tertiary/aromatic N) is 15. The molecule has 0 radical (unpaired) electrons. The highest BCUT2D eigenvalue weighted by atomic mass is 19.3. The average Bonchev–Trinajstić information content (AvgIpc) is 4.01. The van der Waals surface area contributed by atoms with Gasteiger partial charge in [0.15, 0.2) is 22.9 Å². The number of H-pyrrole nitrogens is 4. The van der Waals surface area contributed by atoms with Gasteiger partial charge in [-0.1, -0.05) is 13.8 Å². The van der Waals surface area contributed by atoms with Crippen LogP contribution in [0.2, 0.25) is 0 Å². The van der Waals surface area contributed by atoms with E-state index in [2.05, 4.69) is 101 Å². The van der Waals surface area contributed by atoms with Gasteiger partial charge in [0.1, 0.15) is 22.4 Å². The molecule has 342 valence electrons. The Labute approximate surface area is 382 Å². The van der Waals surface area contributed by atoms with Crippen molar-refractivity contribution >= 4 is 55.5 Å². The Morgan fingerprint density at radius 1 is 0.627 bits per heavy atom. The van der Waals surface area contributed by atoms with Gasteiger partial charge in [-0.15, -0.1) is 0 Å². The van der Waals surface area contributed by atoms with E-state index < -0.39 is 5.92 Å². The fourth-order valence-electron chi connectivity index (χ4n) is 8.74. The summed E-state index contributed by atoms with van der Waals surface area (Å²) in [6, 6.07) is 8.45. The first kappa shape index (κ1) is 42.0. The molecule has 4 N–H and O–H groups in total. The summed E-state index contributed by atoms with van der Waals surface area (Å²) in [5.41, 5.74) is 11.5. The Morgan fingerprint density at radius 3 is 1.67 bits per heavy atom. The number of imidazole rings is 2. The molecule has 10 aromatic rings. The third-order valence-corrected chi connectivity index (χ3v) is 12.6. The van der Waals surface area contributed by atoms with Crippen LogP contribution in [0.3, 0.4) is 0 Å². The normalized spacial score (nSPS) is 16.4. The van der Waals surface area contributed by atoms with Gasteiger partial charge in [-0.25, -0.2) is 28.7 Å². The van der Waals surface area contributed by atoms with Crippen molar-refractivity contribution in [3.8, 4) is 45.6 Å². The summed E-state index contributed by atoms with van der Waals surface area (Å²) < 4.78 is 31.0. The molecule has 21 heteroatoms. The number of aryl methyl sites for hydroxylation is 1. The Kier molecular flexibility index (Phi) is 10.6. The molecule has 12 heterocycles. The van der Waals surface area contributed by atoms with Crippen molar-refractivity contribution in [2.24, 2.45) is 7.05 Å². The fraction of sp³-hybridized carbons (Fsp3) is 0.348. The SMILES string of the molecule is CC.CN1CCN(c2ccnc3nc(-c4n[nH]c5cnc(-c6cnn(C7CC7)c6)cc45)[nH]c23)CC1.Cn1cc(-c2cc3c(-c4nc5nccc(N6CCC(F)(F)CC6)c5[nH]4)n[nH]c3cn2)cn1.